The van der Waals surface area contributed by atoms with E-state index in [0.717, 1.165) is 9.80 Å². The molecule has 0 rings (SSSR count). The van der Waals surface area contributed by atoms with Gasteiger partial charge >= 0.3 is 72.8 Å². The van der Waals surface area contributed by atoms with E-state index in [4.69, 9.17) is 20.4 Å². The van der Waals surface area contributed by atoms with Gasteiger partial charge in [0.05, 0.1) is 26.2 Å². The van der Waals surface area contributed by atoms with Crippen molar-refractivity contribution in [2.45, 2.75) is 0 Å². The van der Waals surface area contributed by atoms with Crippen LogP contribution < -0.4 is 0 Å². The Morgan fingerprint density at radius 2 is 0.810 bits per heavy atom. The van der Waals surface area contributed by atoms with Crippen LogP contribution in [0.3, 0.4) is 0 Å². The summed E-state index contributed by atoms with van der Waals surface area (Å²) < 4.78 is 0. The van der Waals surface area contributed by atoms with E-state index in [1.165, 1.54) is 0 Å². The molecular formula is C10H18BaN2O8. The number of rotatable bonds is 11. The van der Waals surface area contributed by atoms with E-state index in [9.17, 15) is 19.2 Å². The average molecular weight is 432 g/mol. The Morgan fingerprint density at radius 3 is 0.952 bits per heavy atom. The van der Waals surface area contributed by atoms with Crippen molar-refractivity contribution in [2.24, 2.45) is 0 Å². The molecule has 0 radical (unpaired) electrons. The minimum absolute atomic E-state index is 0. The van der Waals surface area contributed by atoms with Gasteiger partial charge in [0.15, 0.2) is 0 Å². The van der Waals surface area contributed by atoms with Gasteiger partial charge in [0.25, 0.3) is 0 Å². The van der Waals surface area contributed by atoms with E-state index in [0.29, 0.717) is 0 Å². The van der Waals surface area contributed by atoms with Crippen molar-refractivity contribution in [2.75, 3.05) is 39.3 Å². The smallest absolute Gasteiger partial charge is 1.00 e. The largest absolute Gasteiger partial charge is 2.00 e. The molecule has 0 aromatic rings. The summed E-state index contributed by atoms with van der Waals surface area (Å²) in [5, 5.41) is 34.5. The van der Waals surface area contributed by atoms with Crippen LogP contribution in [0.4, 0.5) is 0 Å². The minimum Gasteiger partial charge on any atom is -1.00 e. The second kappa shape index (κ2) is 12.0. The van der Waals surface area contributed by atoms with E-state index in [1.54, 1.807) is 0 Å². The van der Waals surface area contributed by atoms with Crippen LogP contribution >= 0.6 is 0 Å². The summed E-state index contributed by atoms with van der Waals surface area (Å²) in [5.41, 5.74) is 0. The van der Waals surface area contributed by atoms with Crippen molar-refractivity contribution < 1.29 is 42.5 Å². The number of carboxylic acid groups (broad SMARTS) is 4. The maximum atomic E-state index is 10.6. The summed E-state index contributed by atoms with van der Waals surface area (Å²) in [6.45, 7) is -2.25. The third-order valence-corrected chi connectivity index (χ3v) is 2.17. The van der Waals surface area contributed by atoms with Gasteiger partial charge in [-0.2, -0.15) is 0 Å². The fourth-order valence-electron chi connectivity index (χ4n) is 1.48. The molecule has 21 heavy (non-hydrogen) atoms. The molecule has 0 atom stereocenters. The molecule has 11 heteroatoms. The van der Waals surface area contributed by atoms with E-state index in [-0.39, 0.29) is 64.8 Å². The van der Waals surface area contributed by atoms with Crippen LogP contribution in [0.5, 0.6) is 0 Å². The first-order valence-corrected chi connectivity index (χ1v) is 5.52. The van der Waals surface area contributed by atoms with Gasteiger partial charge in [0, 0.05) is 13.1 Å². The second-order valence-electron chi connectivity index (χ2n) is 4.00. The quantitative estimate of drug-likeness (QED) is 0.264. The molecule has 0 aliphatic rings. The summed E-state index contributed by atoms with van der Waals surface area (Å²) in [6, 6.07) is 0. The van der Waals surface area contributed by atoms with Crippen molar-refractivity contribution in [3.8, 4) is 0 Å². The number of aliphatic carboxylic acids is 4. The second-order valence-corrected chi connectivity index (χ2v) is 4.00. The number of nitrogens with zero attached hydrogens (tertiary/aromatic N) is 2. The molecule has 0 saturated heterocycles. The molecule has 0 bridgehead atoms. The summed E-state index contributed by atoms with van der Waals surface area (Å²) in [5.74, 6) is -4.91. The van der Waals surface area contributed by atoms with Crippen LogP contribution in [-0.2, 0) is 19.2 Å². The molecule has 0 spiro atoms. The Bertz CT molecular complexity index is 331. The van der Waals surface area contributed by atoms with E-state index in [1.807, 2.05) is 0 Å². The van der Waals surface area contributed by atoms with Gasteiger partial charge in [-0.25, -0.2) is 0 Å². The first-order valence-electron chi connectivity index (χ1n) is 5.52. The maximum Gasteiger partial charge on any atom is 2.00 e. The number of carboxylic acids is 4. The topological polar surface area (TPSA) is 156 Å². The molecule has 0 aromatic carbocycles. The van der Waals surface area contributed by atoms with Crippen LogP contribution in [-0.4, -0.2) is 142 Å². The molecule has 4 N–H and O–H groups in total. The SMILES string of the molecule is O=C(O)CN(CCN(CC(=O)O)CC(=O)O)CC(=O)O.[Ba+2].[H-].[H-]. The molecule has 10 nitrogen and oxygen atoms in total. The molecule has 0 aliphatic carbocycles. The number of hydrogen-bond donors (Lipinski definition) is 4. The molecule has 0 saturated carbocycles. The predicted octanol–water partition coefficient (Wildman–Crippen LogP) is -2.23. The molecule has 0 unspecified atom stereocenters. The van der Waals surface area contributed by atoms with Crippen molar-refractivity contribution in [1.82, 2.24) is 9.80 Å². The van der Waals surface area contributed by atoms with Crippen LogP contribution in [0.1, 0.15) is 2.85 Å². The third-order valence-electron chi connectivity index (χ3n) is 2.17. The van der Waals surface area contributed by atoms with Crippen LogP contribution in [0.15, 0.2) is 0 Å². The van der Waals surface area contributed by atoms with Crippen molar-refractivity contribution in [3.05, 3.63) is 0 Å². The summed E-state index contributed by atoms with van der Waals surface area (Å²) in [6.07, 6.45) is 0. The van der Waals surface area contributed by atoms with Crippen LogP contribution in [0, 0.1) is 0 Å². The van der Waals surface area contributed by atoms with Gasteiger partial charge in [0.1, 0.15) is 0 Å². The van der Waals surface area contributed by atoms with Gasteiger partial charge in [0.2, 0.25) is 0 Å². The van der Waals surface area contributed by atoms with Gasteiger partial charge in [-0.3, -0.25) is 29.0 Å². The number of hydrogen-bond acceptors (Lipinski definition) is 6. The summed E-state index contributed by atoms with van der Waals surface area (Å²) >= 11 is 0. The first-order chi connectivity index (χ1) is 9.20. The monoisotopic (exact) mass is 432 g/mol. The Morgan fingerprint density at radius 1 is 0.619 bits per heavy atom. The summed E-state index contributed by atoms with van der Waals surface area (Å²) in [7, 11) is 0. The zero-order valence-corrected chi connectivity index (χ0v) is 15.7. The number of carbonyl (C=O) groups is 4. The van der Waals surface area contributed by atoms with Crippen LogP contribution in [0.25, 0.3) is 0 Å². The normalized spacial score (nSPS) is 10.2. The van der Waals surface area contributed by atoms with E-state index < -0.39 is 50.1 Å². The molecule has 118 valence electrons. The molecular weight excluding hydrogens is 413 g/mol. The zero-order chi connectivity index (χ0) is 15.7. The van der Waals surface area contributed by atoms with Crippen LogP contribution in [0.2, 0.25) is 0 Å². The molecule has 0 amide bonds. The average Bonchev–Trinajstić information content (AvgIpc) is 2.22. The van der Waals surface area contributed by atoms with Gasteiger partial charge in [-0.1, -0.05) is 0 Å². The molecule has 0 heterocycles. The van der Waals surface area contributed by atoms with Crippen molar-refractivity contribution in [3.63, 3.8) is 0 Å². The molecule has 0 fully saturated rings. The Hall–Kier alpha value is -0.629. The standard InChI is InChI=1S/C10H16N2O8.Ba.2H/c13-7(14)3-11(4-8(15)16)1-2-12(5-9(17)18)6-10(19)20;;;/h1-6H2,(H,13,14)(H,15,16)(H,17,18)(H,19,20);;;/q;+2;2*-1. The predicted molar refractivity (Wildman–Crippen MR) is 71.4 cm³/mol. The van der Waals surface area contributed by atoms with Gasteiger partial charge in [-0.05, 0) is 0 Å². The fraction of sp³-hybridized carbons (Fsp3) is 0.600. The van der Waals surface area contributed by atoms with E-state index in [2.05, 4.69) is 0 Å². The minimum atomic E-state index is -1.23. The Kier molecular flexibility index (Phi) is 12.9. The zero-order valence-electron chi connectivity index (χ0n) is 13.3. The Balaban J connectivity index is -0.000000602. The molecule has 0 aliphatic heterocycles. The van der Waals surface area contributed by atoms with Crippen molar-refractivity contribution in [1.29, 1.82) is 0 Å². The summed E-state index contributed by atoms with van der Waals surface area (Å²) in [4.78, 5) is 44.4. The van der Waals surface area contributed by atoms with Gasteiger partial charge in [-0.15, -0.1) is 0 Å². The molecule has 0 aromatic heterocycles. The first kappa shape index (κ1) is 22.6. The maximum absolute atomic E-state index is 10.6. The Labute approximate surface area is 163 Å². The third kappa shape index (κ3) is 14.1. The van der Waals surface area contributed by atoms with E-state index >= 15 is 0 Å². The van der Waals surface area contributed by atoms with Gasteiger partial charge < -0.3 is 23.3 Å². The van der Waals surface area contributed by atoms with Crippen molar-refractivity contribution >= 4 is 72.8 Å². The fourth-order valence-corrected chi connectivity index (χ4v) is 1.48.